The number of aryl methyl sites for hydroxylation is 2. The van der Waals surface area contributed by atoms with Gasteiger partial charge in [0.2, 0.25) is 5.91 Å². The molecule has 1 amide bonds. The van der Waals surface area contributed by atoms with Crippen LogP contribution in [0.4, 0.5) is 5.82 Å². The van der Waals surface area contributed by atoms with Crippen LogP contribution in [0.1, 0.15) is 51.6 Å². The van der Waals surface area contributed by atoms with Gasteiger partial charge in [-0.1, -0.05) is 25.9 Å². The molecule has 2 aromatic rings. The molecule has 1 fully saturated rings. The number of nitrogens with one attached hydrogen (secondary N) is 1. The maximum Gasteiger partial charge on any atom is 0.263 e. The van der Waals surface area contributed by atoms with Gasteiger partial charge in [0.1, 0.15) is 17.0 Å². The molecule has 3 heterocycles. The van der Waals surface area contributed by atoms with Gasteiger partial charge in [0, 0.05) is 32.5 Å². The molecular weight excluding hydrogens is 330 g/mol. The number of aromatic nitrogens is 3. The fourth-order valence-electron chi connectivity index (χ4n) is 3.77. The molecule has 0 bridgehead atoms. The van der Waals surface area contributed by atoms with E-state index in [1.807, 2.05) is 13.8 Å². The molecule has 1 aliphatic rings. The van der Waals surface area contributed by atoms with Crippen LogP contribution in [-0.4, -0.2) is 40.7 Å². The number of fused-ring (bicyclic) bond motifs is 1. The molecule has 142 valence electrons. The lowest BCUT2D eigenvalue weighted by molar-refractivity contribution is -0.121. The molecular formula is C19H29N5O2. The lowest BCUT2D eigenvalue weighted by Gasteiger charge is -2.36. The van der Waals surface area contributed by atoms with Gasteiger partial charge in [0.15, 0.2) is 0 Å². The second-order valence-electron chi connectivity index (χ2n) is 7.61. The Morgan fingerprint density at radius 3 is 2.69 bits per heavy atom. The Morgan fingerprint density at radius 1 is 1.27 bits per heavy atom. The maximum atomic E-state index is 11.9. The van der Waals surface area contributed by atoms with E-state index in [1.165, 1.54) is 6.42 Å². The average molecular weight is 359 g/mol. The molecule has 26 heavy (non-hydrogen) atoms. The highest BCUT2D eigenvalue weighted by Gasteiger charge is 2.26. The molecule has 0 aromatic carbocycles. The Hall–Kier alpha value is -2.18. The van der Waals surface area contributed by atoms with E-state index in [4.69, 9.17) is 9.51 Å². The van der Waals surface area contributed by atoms with E-state index < -0.39 is 0 Å². The monoisotopic (exact) mass is 359 g/mol. The lowest BCUT2D eigenvalue weighted by atomic mass is 9.92. The number of hydrogen-bond donors (Lipinski definition) is 1. The van der Waals surface area contributed by atoms with Crippen molar-refractivity contribution in [3.8, 4) is 0 Å². The fourth-order valence-corrected chi connectivity index (χ4v) is 3.77. The van der Waals surface area contributed by atoms with E-state index in [-0.39, 0.29) is 5.91 Å². The maximum absolute atomic E-state index is 11.9. The van der Waals surface area contributed by atoms with Crippen molar-refractivity contribution in [1.82, 2.24) is 20.4 Å². The molecule has 2 atom stereocenters. The summed E-state index contributed by atoms with van der Waals surface area (Å²) in [6.45, 7) is 11.2. The van der Waals surface area contributed by atoms with Crippen LogP contribution in [0.15, 0.2) is 4.52 Å². The van der Waals surface area contributed by atoms with Crippen molar-refractivity contribution in [2.24, 2.45) is 11.8 Å². The molecule has 2 aromatic heterocycles. The van der Waals surface area contributed by atoms with E-state index >= 15 is 0 Å². The van der Waals surface area contributed by atoms with E-state index in [2.05, 4.69) is 34.2 Å². The summed E-state index contributed by atoms with van der Waals surface area (Å²) in [6, 6.07) is 0. The van der Waals surface area contributed by atoms with Crippen LogP contribution in [0, 0.1) is 18.8 Å². The summed E-state index contributed by atoms with van der Waals surface area (Å²) in [5.74, 6) is 2.81. The third kappa shape index (κ3) is 4.14. The minimum Gasteiger partial charge on any atom is -0.356 e. The van der Waals surface area contributed by atoms with Crippen LogP contribution in [0.2, 0.25) is 0 Å². The van der Waals surface area contributed by atoms with Gasteiger partial charge in [0.25, 0.3) is 5.71 Å². The lowest BCUT2D eigenvalue weighted by Crippen LogP contribution is -2.39. The normalized spacial score (nSPS) is 20.5. The minimum atomic E-state index is 0.0334. The summed E-state index contributed by atoms with van der Waals surface area (Å²) in [6.07, 6.45) is 3.04. The molecule has 7 nitrogen and oxygen atoms in total. The van der Waals surface area contributed by atoms with Crippen LogP contribution in [-0.2, 0) is 11.2 Å². The van der Waals surface area contributed by atoms with Crippen LogP contribution in [0.3, 0.4) is 0 Å². The fraction of sp³-hybridized carbons (Fsp3) is 0.684. The molecule has 3 rings (SSSR count). The van der Waals surface area contributed by atoms with Gasteiger partial charge in [-0.25, -0.2) is 4.98 Å². The topological polar surface area (TPSA) is 84.2 Å². The number of nitrogens with zero attached hydrogens (tertiary/aromatic N) is 4. The summed E-state index contributed by atoms with van der Waals surface area (Å²) in [4.78, 5) is 23.5. The van der Waals surface area contributed by atoms with Gasteiger partial charge in [-0.05, 0) is 31.6 Å². The number of carbonyl (C=O) groups excluding carboxylic acids is 1. The number of carbonyl (C=O) groups is 1. The zero-order valence-electron chi connectivity index (χ0n) is 16.2. The zero-order chi connectivity index (χ0) is 18.7. The highest BCUT2D eigenvalue weighted by Crippen LogP contribution is 2.31. The third-order valence-electron chi connectivity index (χ3n) is 4.85. The highest BCUT2D eigenvalue weighted by atomic mass is 16.5. The van der Waals surface area contributed by atoms with E-state index in [1.54, 1.807) is 0 Å². The number of hydrogen-bond acceptors (Lipinski definition) is 6. The molecule has 7 heteroatoms. The van der Waals surface area contributed by atoms with Crippen molar-refractivity contribution in [2.45, 2.75) is 53.4 Å². The predicted molar refractivity (Wildman–Crippen MR) is 101 cm³/mol. The summed E-state index contributed by atoms with van der Waals surface area (Å²) in [5, 5.41) is 7.87. The molecule has 0 radical (unpaired) electrons. The van der Waals surface area contributed by atoms with Crippen molar-refractivity contribution >= 4 is 22.8 Å². The summed E-state index contributed by atoms with van der Waals surface area (Å²) in [7, 11) is 0. The second kappa shape index (κ2) is 8.01. The smallest absolute Gasteiger partial charge is 0.263 e. The van der Waals surface area contributed by atoms with Gasteiger partial charge in [0.05, 0.1) is 5.69 Å². The van der Waals surface area contributed by atoms with Crippen molar-refractivity contribution in [3.63, 3.8) is 0 Å². The highest BCUT2D eigenvalue weighted by molar-refractivity contribution is 5.88. The van der Waals surface area contributed by atoms with Crippen molar-refractivity contribution in [1.29, 1.82) is 0 Å². The number of amides is 1. The SMILES string of the molecule is CCCNC(=O)CCc1nc(N2C[C@@H](C)C[C@H](C)C2)c2c(C)noc2n1. The van der Waals surface area contributed by atoms with Gasteiger partial charge in [-0.3, -0.25) is 4.79 Å². The third-order valence-corrected chi connectivity index (χ3v) is 4.85. The van der Waals surface area contributed by atoms with E-state index in [0.29, 0.717) is 42.8 Å². The molecule has 0 spiro atoms. The van der Waals surface area contributed by atoms with Crippen LogP contribution in [0.25, 0.3) is 11.1 Å². The molecule has 1 saturated heterocycles. The van der Waals surface area contributed by atoms with E-state index in [9.17, 15) is 4.79 Å². The summed E-state index contributed by atoms with van der Waals surface area (Å²) < 4.78 is 5.42. The first-order valence-corrected chi connectivity index (χ1v) is 9.62. The first kappa shape index (κ1) is 18.6. The van der Waals surface area contributed by atoms with Crippen molar-refractivity contribution in [2.75, 3.05) is 24.5 Å². The summed E-state index contributed by atoms with van der Waals surface area (Å²) in [5.41, 5.74) is 1.33. The Bertz CT molecular complexity index is 763. The quantitative estimate of drug-likeness (QED) is 0.854. The number of rotatable bonds is 6. The van der Waals surface area contributed by atoms with E-state index in [0.717, 1.165) is 36.4 Å². The molecule has 1 aliphatic heterocycles. The Balaban J connectivity index is 1.86. The Morgan fingerprint density at radius 2 is 2.00 bits per heavy atom. The van der Waals surface area contributed by atoms with Crippen molar-refractivity contribution in [3.05, 3.63) is 11.5 Å². The summed E-state index contributed by atoms with van der Waals surface area (Å²) >= 11 is 0. The molecule has 0 unspecified atom stereocenters. The predicted octanol–water partition coefficient (Wildman–Crippen LogP) is 2.87. The minimum absolute atomic E-state index is 0.0334. The van der Waals surface area contributed by atoms with Gasteiger partial charge < -0.3 is 14.7 Å². The van der Waals surface area contributed by atoms with Crippen molar-refractivity contribution < 1.29 is 9.32 Å². The molecule has 1 N–H and O–H groups in total. The van der Waals surface area contributed by atoms with Gasteiger partial charge in [-0.15, -0.1) is 0 Å². The van der Waals surface area contributed by atoms with Crippen LogP contribution in [0.5, 0.6) is 0 Å². The van der Waals surface area contributed by atoms with Gasteiger partial charge >= 0.3 is 0 Å². The van der Waals surface area contributed by atoms with Crippen LogP contribution >= 0.6 is 0 Å². The number of piperidine rings is 1. The van der Waals surface area contributed by atoms with Gasteiger partial charge in [-0.2, -0.15) is 4.98 Å². The first-order chi connectivity index (χ1) is 12.5. The molecule has 0 saturated carbocycles. The second-order valence-corrected chi connectivity index (χ2v) is 7.61. The van der Waals surface area contributed by atoms with Crippen LogP contribution < -0.4 is 10.2 Å². The average Bonchev–Trinajstić information content (AvgIpc) is 2.97. The Labute approximate surface area is 154 Å². The zero-order valence-corrected chi connectivity index (χ0v) is 16.2. The Kier molecular flexibility index (Phi) is 5.74. The first-order valence-electron chi connectivity index (χ1n) is 9.62. The standard InChI is InChI=1S/C19H29N5O2/c1-5-8-20-16(25)7-6-15-21-18(17-14(4)23-26-19(17)22-15)24-10-12(2)9-13(3)11-24/h12-13H,5-11H2,1-4H3,(H,20,25)/t12-,13-/m0/s1. The largest absolute Gasteiger partial charge is 0.356 e. The molecule has 0 aliphatic carbocycles. The number of anilines is 1.